The Bertz CT molecular complexity index is 1160. The predicted molar refractivity (Wildman–Crippen MR) is 97.7 cm³/mol. The maximum Gasteiger partial charge on any atom is 0.291 e. The van der Waals surface area contributed by atoms with Gasteiger partial charge in [0.25, 0.3) is 5.56 Å². The first kappa shape index (κ1) is 15.4. The van der Waals surface area contributed by atoms with Gasteiger partial charge in [0.05, 0.1) is 4.53 Å². The molecule has 6 heteroatoms. The number of aromatic nitrogens is 3. The van der Waals surface area contributed by atoms with E-state index in [2.05, 4.69) is 10.1 Å². The Labute approximate surface area is 146 Å². The molecule has 0 unspecified atom stereocenters. The molecule has 2 aromatic heterocycles. The average Bonchev–Trinajstić information content (AvgIpc) is 3.15. The van der Waals surface area contributed by atoms with Crippen molar-refractivity contribution in [3.8, 4) is 0 Å². The molecule has 0 fully saturated rings. The van der Waals surface area contributed by atoms with E-state index in [9.17, 15) is 9.18 Å². The first-order chi connectivity index (χ1) is 12.2. The summed E-state index contributed by atoms with van der Waals surface area (Å²) in [6, 6.07) is 15.8. The molecule has 0 aliphatic carbocycles. The van der Waals surface area contributed by atoms with Crippen LogP contribution in [0.2, 0.25) is 0 Å². The van der Waals surface area contributed by atoms with Gasteiger partial charge < -0.3 is 0 Å². The second-order valence-electron chi connectivity index (χ2n) is 5.38. The van der Waals surface area contributed by atoms with Crippen LogP contribution in [0.25, 0.3) is 23.2 Å². The molecule has 4 nitrogen and oxygen atoms in total. The molecule has 0 spiro atoms. The molecule has 0 bridgehead atoms. The highest BCUT2D eigenvalue weighted by Gasteiger charge is 2.08. The summed E-state index contributed by atoms with van der Waals surface area (Å²) in [4.78, 5) is 17.3. The SMILES string of the molecule is O=c1/c(=C\c2ccccc2)sc2nc(/C=C/c3ccc(F)cc3)nn12. The summed E-state index contributed by atoms with van der Waals surface area (Å²) in [5, 5.41) is 4.23. The Balaban J connectivity index is 1.67. The number of benzene rings is 2. The van der Waals surface area contributed by atoms with E-state index in [0.717, 1.165) is 11.1 Å². The first-order valence-electron chi connectivity index (χ1n) is 7.59. The Morgan fingerprint density at radius 1 is 0.960 bits per heavy atom. The lowest BCUT2D eigenvalue weighted by atomic mass is 10.2. The van der Waals surface area contributed by atoms with E-state index in [0.29, 0.717) is 15.3 Å². The lowest BCUT2D eigenvalue weighted by molar-refractivity contribution is 0.628. The molecule has 0 radical (unpaired) electrons. The van der Waals surface area contributed by atoms with Crippen molar-refractivity contribution in [3.05, 3.63) is 92.3 Å². The van der Waals surface area contributed by atoms with Crippen molar-refractivity contribution in [1.82, 2.24) is 14.6 Å². The van der Waals surface area contributed by atoms with Crippen molar-refractivity contribution in [2.45, 2.75) is 0 Å². The van der Waals surface area contributed by atoms with Gasteiger partial charge in [-0.25, -0.2) is 4.39 Å². The zero-order valence-electron chi connectivity index (χ0n) is 13.0. The first-order valence-corrected chi connectivity index (χ1v) is 8.41. The Kier molecular flexibility index (Phi) is 3.95. The number of halogens is 1. The maximum atomic E-state index is 12.9. The topological polar surface area (TPSA) is 47.3 Å². The average molecular weight is 349 g/mol. The van der Waals surface area contributed by atoms with Crippen LogP contribution in [0.4, 0.5) is 4.39 Å². The number of hydrogen-bond acceptors (Lipinski definition) is 4. The summed E-state index contributed by atoms with van der Waals surface area (Å²) in [6.07, 6.45) is 5.31. The number of hydrogen-bond donors (Lipinski definition) is 0. The van der Waals surface area contributed by atoms with Crippen molar-refractivity contribution >= 4 is 34.5 Å². The summed E-state index contributed by atoms with van der Waals surface area (Å²) in [5.74, 6) is 0.162. The van der Waals surface area contributed by atoms with Gasteiger partial charge in [-0.15, -0.1) is 5.10 Å². The van der Waals surface area contributed by atoms with E-state index in [1.165, 1.54) is 28.0 Å². The summed E-state index contributed by atoms with van der Waals surface area (Å²) in [5.41, 5.74) is 1.61. The molecule has 4 aromatic rings. The molecule has 4 rings (SSSR count). The molecule has 0 N–H and O–H groups in total. The van der Waals surface area contributed by atoms with E-state index >= 15 is 0 Å². The van der Waals surface area contributed by atoms with Crippen LogP contribution >= 0.6 is 11.3 Å². The Morgan fingerprint density at radius 2 is 1.72 bits per heavy atom. The Morgan fingerprint density at radius 3 is 2.44 bits per heavy atom. The van der Waals surface area contributed by atoms with Crippen LogP contribution in [-0.2, 0) is 0 Å². The van der Waals surface area contributed by atoms with Gasteiger partial charge in [-0.1, -0.05) is 59.9 Å². The largest absolute Gasteiger partial charge is 0.291 e. The van der Waals surface area contributed by atoms with E-state index < -0.39 is 0 Å². The number of thiazole rings is 1. The minimum atomic E-state index is -0.282. The minimum Gasteiger partial charge on any atom is -0.266 e. The second kappa shape index (κ2) is 6.41. The molecule has 0 aliphatic rings. The molecule has 0 atom stereocenters. The van der Waals surface area contributed by atoms with Gasteiger partial charge in [0, 0.05) is 0 Å². The van der Waals surface area contributed by atoms with Crippen LogP contribution in [0.1, 0.15) is 17.0 Å². The standard InChI is InChI=1S/C19H12FN3OS/c20-15-9-6-13(7-10-15)8-11-17-21-19-23(22-17)18(24)16(25-19)12-14-4-2-1-3-5-14/h1-12H/b11-8+,16-12+. The normalized spacial score (nSPS) is 12.4. The van der Waals surface area contributed by atoms with E-state index in [1.807, 2.05) is 36.4 Å². The zero-order valence-corrected chi connectivity index (χ0v) is 13.8. The smallest absolute Gasteiger partial charge is 0.266 e. The van der Waals surface area contributed by atoms with Gasteiger partial charge in [0.2, 0.25) is 4.96 Å². The molecule has 0 saturated heterocycles. The fraction of sp³-hybridized carbons (Fsp3) is 0. The van der Waals surface area contributed by atoms with Crippen molar-refractivity contribution in [2.75, 3.05) is 0 Å². The second-order valence-corrected chi connectivity index (χ2v) is 6.38. The lowest BCUT2D eigenvalue weighted by Crippen LogP contribution is -2.23. The third-order valence-electron chi connectivity index (χ3n) is 3.59. The Hall–Kier alpha value is -3.12. The van der Waals surface area contributed by atoms with Gasteiger partial charge >= 0.3 is 0 Å². The highest BCUT2D eigenvalue weighted by Crippen LogP contribution is 2.09. The van der Waals surface area contributed by atoms with Crippen LogP contribution in [0.3, 0.4) is 0 Å². The highest BCUT2D eigenvalue weighted by atomic mass is 32.1. The molecular formula is C19H12FN3OS. The molecule has 2 heterocycles. The molecule has 25 heavy (non-hydrogen) atoms. The number of fused-ring (bicyclic) bond motifs is 1. The van der Waals surface area contributed by atoms with Crippen LogP contribution < -0.4 is 10.1 Å². The third kappa shape index (κ3) is 3.25. The summed E-state index contributed by atoms with van der Waals surface area (Å²) in [7, 11) is 0. The number of nitrogens with zero attached hydrogens (tertiary/aromatic N) is 3. The van der Waals surface area contributed by atoms with Gasteiger partial charge in [-0.05, 0) is 35.4 Å². The van der Waals surface area contributed by atoms with E-state index in [4.69, 9.17) is 0 Å². The van der Waals surface area contributed by atoms with Crippen LogP contribution in [0, 0.1) is 5.82 Å². The van der Waals surface area contributed by atoms with E-state index in [-0.39, 0.29) is 11.4 Å². The lowest BCUT2D eigenvalue weighted by Gasteiger charge is -1.91. The molecule has 0 aliphatic heterocycles. The van der Waals surface area contributed by atoms with Gasteiger partial charge in [-0.3, -0.25) is 4.79 Å². The van der Waals surface area contributed by atoms with Crippen molar-refractivity contribution < 1.29 is 4.39 Å². The summed E-state index contributed by atoms with van der Waals surface area (Å²) < 4.78 is 14.8. The minimum absolute atomic E-state index is 0.183. The molecule has 0 saturated carbocycles. The summed E-state index contributed by atoms with van der Waals surface area (Å²) >= 11 is 1.30. The fourth-order valence-electron chi connectivity index (χ4n) is 2.36. The number of rotatable bonds is 3. The van der Waals surface area contributed by atoms with Crippen molar-refractivity contribution in [1.29, 1.82) is 0 Å². The fourth-order valence-corrected chi connectivity index (χ4v) is 3.28. The van der Waals surface area contributed by atoms with Crippen molar-refractivity contribution in [3.63, 3.8) is 0 Å². The molecular weight excluding hydrogens is 337 g/mol. The summed E-state index contributed by atoms with van der Waals surface area (Å²) in [6.45, 7) is 0. The molecule has 2 aromatic carbocycles. The van der Waals surface area contributed by atoms with Gasteiger partial charge in [0.15, 0.2) is 5.82 Å². The van der Waals surface area contributed by atoms with Crippen LogP contribution in [0.5, 0.6) is 0 Å². The van der Waals surface area contributed by atoms with Crippen LogP contribution in [0.15, 0.2) is 59.4 Å². The molecule has 0 amide bonds. The monoisotopic (exact) mass is 349 g/mol. The highest BCUT2D eigenvalue weighted by molar-refractivity contribution is 7.15. The predicted octanol–water partition coefficient (Wildman–Crippen LogP) is 3.01. The third-order valence-corrected chi connectivity index (χ3v) is 4.55. The van der Waals surface area contributed by atoms with Crippen LogP contribution in [-0.4, -0.2) is 14.6 Å². The van der Waals surface area contributed by atoms with Gasteiger partial charge in [0.1, 0.15) is 5.82 Å². The quantitative estimate of drug-likeness (QED) is 0.571. The zero-order chi connectivity index (χ0) is 17.2. The maximum absolute atomic E-state index is 12.9. The van der Waals surface area contributed by atoms with Gasteiger partial charge in [-0.2, -0.15) is 9.50 Å². The van der Waals surface area contributed by atoms with E-state index in [1.54, 1.807) is 24.3 Å². The molecule has 122 valence electrons. The van der Waals surface area contributed by atoms with Crippen molar-refractivity contribution in [2.24, 2.45) is 0 Å².